The van der Waals surface area contributed by atoms with E-state index in [1.165, 1.54) is 24.7 Å². The first kappa shape index (κ1) is 22.7. The highest BCUT2D eigenvalue weighted by molar-refractivity contribution is 6.30. The van der Waals surface area contributed by atoms with E-state index in [-0.39, 0.29) is 29.0 Å². The lowest BCUT2D eigenvalue weighted by molar-refractivity contribution is -0.143. The van der Waals surface area contributed by atoms with Crippen molar-refractivity contribution in [2.24, 2.45) is 0 Å². The standard InChI is InChI=1S/C24H15ClF3N5O2/c1-13-2-7-18-16(10-13)19(20(34)23-32-31-22(35-23)17-8-9-29-12-30-17)21(24(26,27)28)33(18)11-14-3-5-15(25)6-4-14/h2-10,12H,11H2,1H3. The molecule has 2 aromatic carbocycles. The number of rotatable bonds is 5. The second-order valence-electron chi connectivity index (χ2n) is 7.79. The number of hydrogen-bond acceptors (Lipinski definition) is 6. The van der Waals surface area contributed by atoms with Crippen LogP contribution in [0.2, 0.25) is 5.02 Å². The van der Waals surface area contributed by atoms with Gasteiger partial charge in [0.1, 0.15) is 17.7 Å². The van der Waals surface area contributed by atoms with Gasteiger partial charge in [0, 0.05) is 28.7 Å². The molecular weight excluding hydrogens is 483 g/mol. The van der Waals surface area contributed by atoms with Crippen LogP contribution in [0.3, 0.4) is 0 Å². The number of nitrogens with zero attached hydrogens (tertiary/aromatic N) is 5. The number of hydrogen-bond donors (Lipinski definition) is 0. The van der Waals surface area contributed by atoms with E-state index >= 15 is 0 Å². The summed E-state index contributed by atoms with van der Waals surface area (Å²) in [5, 5.41) is 8.08. The van der Waals surface area contributed by atoms with Gasteiger partial charge in [-0.15, -0.1) is 10.2 Å². The second kappa shape index (κ2) is 8.62. The van der Waals surface area contributed by atoms with Crippen molar-refractivity contribution in [3.05, 3.63) is 94.4 Å². The van der Waals surface area contributed by atoms with Crippen LogP contribution in [-0.2, 0) is 12.7 Å². The summed E-state index contributed by atoms with van der Waals surface area (Å²) in [6.45, 7) is 1.60. The van der Waals surface area contributed by atoms with E-state index in [1.807, 2.05) is 0 Å². The van der Waals surface area contributed by atoms with Crippen molar-refractivity contribution in [2.45, 2.75) is 19.6 Å². The average Bonchev–Trinajstić information content (AvgIpc) is 3.44. The third-order valence-corrected chi connectivity index (χ3v) is 5.64. The Labute approximate surface area is 201 Å². The number of halogens is 4. The molecule has 0 bridgehead atoms. The Morgan fingerprint density at radius 1 is 1.09 bits per heavy atom. The minimum atomic E-state index is -4.85. The minimum absolute atomic E-state index is 0.106. The molecule has 11 heteroatoms. The molecule has 0 fully saturated rings. The number of ketones is 1. The number of aryl methyl sites for hydroxylation is 1. The smallest absolute Gasteiger partial charge is 0.412 e. The Hall–Kier alpha value is -4.05. The lowest BCUT2D eigenvalue weighted by Crippen LogP contribution is -2.19. The molecule has 0 atom stereocenters. The van der Waals surface area contributed by atoms with Gasteiger partial charge in [-0.25, -0.2) is 9.97 Å². The summed E-state index contributed by atoms with van der Waals surface area (Å²) in [5.74, 6) is -1.71. The van der Waals surface area contributed by atoms with Crippen molar-refractivity contribution >= 4 is 28.3 Å². The van der Waals surface area contributed by atoms with Gasteiger partial charge in [0.2, 0.25) is 0 Å². The average molecular weight is 498 g/mol. The summed E-state index contributed by atoms with van der Waals surface area (Å²) >= 11 is 5.93. The highest BCUT2D eigenvalue weighted by Gasteiger charge is 2.42. The fourth-order valence-electron chi connectivity index (χ4n) is 3.87. The largest absolute Gasteiger partial charge is 0.432 e. The van der Waals surface area contributed by atoms with Crippen molar-refractivity contribution < 1.29 is 22.4 Å². The Bertz CT molecular complexity index is 1540. The molecule has 0 saturated heterocycles. The van der Waals surface area contributed by atoms with Gasteiger partial charge in [-0.2, -0.15) is 13.2 Å². The number of carbonyl (C=O) groups is 1. The van der Waals surface area contributed by atoms with Crippen LogP contribution in [0.5, 0.6) is 0 Å². The van der Waals surface area contributed by atoms with E-state index in [1.54, 1.807) is 43.3 Å². The highest BCUT2D eigenvalue weighted by Crippen LogP contribution is 2.40. The molecule has 0 aliphatic rings. The second-order valence-corrected chi connectivity index (χ2v) is 8.23. The predicted molar refractivity (Wildman–Crippen MR) is 121 cm³/mol. The lowest BCUT2D eigenvalue weighted by atomic mass is 10.0. The van der Waals surface area contributed by atoms with Gasteiger partial charge >= 0.3 is 6.18 Å². The van der Waals surface area contributed by atoms with Crippen LogP contribution in [0, 0.1) is 6.92 Å². The maximum absolute atomic E-state index is 14.5. The van der Waals surface area contributed by atoms with Crippen LogP contribution in [-0.4, -0.2) is 30.5 Å². The maximum atomic E-state index is 14.5. The van der Waals surface area contributed by atoms with E-state index < -0.39 is 29.1 Å². The summed E-state index contributed by atoms with van der Waals surface area (Å²) in [6.07, 6.45) is -2.17. The molecule has 7 nitrogen and oxygen atoms in total. The molecule has 3 heterocycles. The molecule has 0 N–H and O–H groups in total. The number of benzene rings is 2. The third kappa shape index (κ3) is 4.28. The van der Waals surface area contributed by atoms with Gasteiger partial charge in [-0.05, 0) is 42.8 Å². The summed E-state index contributed by atoms with van der Waals surface area (Å²) in [5.41, 5.74) is 0.111. The molecule has 5 rings (SSSR count). The molecule has 176 valence electrons. The Balaban J connectivity index is 1.70. The van der Waals surface area contributed by atoms with Crippen molar-refractivity contribution in [1.82, 2.24) is 24.7 Å². The molecule has 0 unspecified atom stereocenters. The molecule has 0 spiro atoms. The lowest BCUT2D eigenvalue weighted by Gasteiger charge is -2.14. The van der Waals surface area contributed by atoms with E-state index in [0.717, 1.165) is 4.57 Å². The van der Waals surface area contributed by atoms with Crippen molar-refractivity contribution in [3.8, 4) is 11.6 Å². The first-order chi connectivity index (χ1) is 16.7. The molecule has 35 heavy (non-hydrogen) atoms. The normalized spacial score (nSPS) is 11.8. The zero-order valence-corrected chi connectivity index (χ0v) is 18.8. The SMILES string of the molecule is Cc1ccc2c(c1)c(C(=O)c1nnc(-c3ccncn3)o1)c(C(F)(F)F)n2Cc1ccc(Cl)cc1. The van der Waals surface area contributed by atoms with Crippen LogP contribution < -0.4 is 0 Å². The topological polar surface area (TPSA) is 86.7 Å². The van der Waals surface area contributed by atoms with Gasteiger partial charge in [-0.3, -0.25) is 4.79 Å². The Kier molecular flexibility index (Phi) is 5.60. The van der Waals surface area contributed by atoms with Crippen LogP contribution in [0.25, 0.3) is 22.5 Å². The number of aromatic nitrogens is 5. The van der Waals surface area contributed by atoms with Gasteiger partial charge in [0.05, 0.1) is 5.56 Å². The molecule has 0 aliphatic carbocycles. The molecule has 3 aromatic heterocycles. The highest BCUT2D eigenvalue weighted by atomic mass is 35.5. The first-order valence-electron chi connectivity index (χ1n) is 10.3. The predicted octanol–water partition coefficient (Wildman–Crippen LogP) is 5.74. The third-order valence-electron chi connectivity index (χ3n) is 5.39. The maximum Gasteiger partial charge on any atom is 0.432 e. The zero-order valence-electron chi connectivity index (χ0n) is 18.0. The Morgan fingerprint density at radius 3 is 2.54 bits per heavy atom. The van der Waals surface area contributed by atoms with Crippen LogP contribution in [0.1, 0.15) is 33.1 Å². The van der Waals surface area contributed by atoms with Gasteiger partial charge < -0.3 is 8.98 Å². The molecule has 0 amide bonds. The van der Waals surface area contributed by atoms with Crippen molar-refractivity contribution in [3.63, 3.8) is 0 Å². The van der Waals surface area contributed by atoms with Gasteiger partial charge in [-0.1, -0.05) is 35.4 Å². The molecule has 0 saturated carbocycles. The van der Waals surface area contributed by atoms with E-state index in [0.29, 0.717) is 16.1 Å². The van der Waals surface area contributed by atoms with Gasteiger partial charge in [0.25, 0.3) is 17.6 Å². The fraction of sp³-hybridized carbons (Fsp3) is 0.125. The summed E-state index contributed by atoms with van der Waals surface area (Å²) in [6, 6.07) is 12.7. The van der Waals surface area contributed by atoms with E-state index in [4.69, 9.17) is 16.0 Å². The molecule has 0 aliphatic heterocycles. The molecule has 5 aromatic rings. The number of alkyl halides is 3. The van der Waals surface area contributed by atoms with Crippen molar-refractivity contribution in [1.29, 1.82) is 0 Å². The molecule has 0 radical (unpaired) electrons. The summed E-state index contributed by atoms with van der Waals surface area (Å²) in [4.78, 5) is 21.2. The summed E-state index contributed by atoms with van der Waals surface area (Å²) < 4.78 is 49.9. The Morgan fingerprint density at radius 2 is 1.86 bits per heavy atom. The quantitative estimate of drug-likeness (QED) is 0.288. The van der Waals surface area contributed by atoms with Gasteiger partial charge in [0.15, 0.2) is 0 Å². The van der Waals surface area contributed by atoms with Crippen LogP contribution in [0.4, 0.5) is 13.2 Å². The number of carbonyl (C=O) groups excluding carboxylic acids is 1. The number of fused-ring (bicyclic) bond motifs is 1. The van der Waals surface area contributed by atoms with Crippen LogP contribution >= 0.6 is 11.6 Å². The summed E-state index contributed by atoms with van der Waals surface area (Å²) in [7, 11) is 0. The fourth-order valence-corrected chi connectivity index (χ4v) is 4.00. The minimum Gasteiger partial charge on any atom is -0.412 e. The van der Waals surface area contributed by atoms with Crippen LogP contribution in [0.15, 0.2) is 65.5 Å². The first-order valence-corrected chi connectivity index (χ1v) is 10.7. The zero-order chi connectivity index (χ0) is 24.7. The molecular formula is C24H15ClF3N5O2. The van der Waals surface area contributed by atoms with E-state index in [9.17, 15) is 18.0 Å². The van der Waals surface area contributed by atoms with E-state index in [2.05, 4.69) is 20.2 Å². The van der Waals surface area contributed by atoms with Crippen molar-refractivity contribution in [2.75, 3.05) is 0 Å². The monoisotopic (exact) mass is 497 g/mol.